The van der Waals surface area contributed by atoms with E-state index in [2.05, 4.69) is 46.4 Å². The second-order valence-corrected chi connectivity index (χ2v) is 8.22. The second kappa shape index (κ2) is 11.7. The van der Waals surface area contributed by atoms with Crippen molar-refractivity contribution in [3.63, 3.8) is 0 Å². The van der Waals surface area contributed by atoms with Crippen LogP contribution in [0.5, 0.6) is 0 Å². The second-order valence-electron chi connectivity index (χ2n) is 6.64. The van der Waals surface area contributed by atoms with Crippen LogP contribution in [-0.4, -0.2) is 50.7 Å². The van der Waals surface area contributed by atoms with Crippen molar-refractivity contribution in [2.75, 3.05) is 18.8 Å². The molecule has 0 radical (unpaired) electrons. The van der Waals surface area contributed by atoms with Crippen LogP contribution in [-0.2, 0) is 6.42 Å². The molecule has 6 nitrogen and oxygen atoms in total. The average Bonchev–Trinajstić information content (AvgIpc) is 3.06. The van der Waals surface area contributed by atoms with Gasteiger partial charge in [-0.05, 0) is 44.1 Å². The first-order chi connectivity index (χ1) is 12.8. The van der Waals surface area contributed by atoms with Crippen LogP contribution in [0.15, 0.2) is 29.4 Å². The first-order valence-electron chi connectivity index (χ1n) is 9.75. The van der Waals surface area contributed by atoms with Crippen molar-refractivity contribution in [1.82, 2.24) is 25.2 Å². The van der Waals surface area contributed by atoms with Crippen LogP contribution in [0, 0.1) is 0 Å². The van der Waals surface area contributed by atoms with Crippen molar-refractivity contribution in [1.29, 1.82) is 0 Å². The summed E-state index contributed by atoms with van der Waals surface area (Å²) < 4.78 is 2.03. The molecule has 0 saturated heterocycles. The number of guanidine groups is 1. The van der Waals surface area contributed by atoms with Gasteiger partial charge in [0, 0.05) is 37.0 Å². The third-order valence-corrected chi connectivity index (χ3v) is 5.94. The Morgan fingerprint density at radius 1 is 1.30 bits per heavy atom. The quantitative estimate of drug-likeness (QED) is 0.345. The minimum absolute atomic E-state index is 0. The number of pyridine rings is 1. The van der Waals surface area contributed by atoms with E-state index >= 15 is 0 Å². The summed E-state index contributed by atoms with van der Waals surface area (Å²) in [5.41, 5.74) is 0.887. The van der Waals surface area contributed by atoms with Crippen LogP contribution in [0.2, 0.25) is 0 Å². The summed E-state index contributed by atoms with van der Waals surface area (Å²) >= 11 is 2.10. The number of hydrogen-bond acceptors (Lipinski definition) is 4. The lowest BCUT2D eigenvalue weighted by Gasteiger charge is -2.30. The highest BCUT2D eigenvalue weighted by Crippen LogP contribution is 2.28. The molecule has 0 aliphatic heterocycles. The smallest absolute Gasteiger partial charge is 0.191 e. The van der Waals surface area contributed by atoms with Crippen LogP contribution in [0.1, 0.15) is 45.4 Å². The Kier molecular flexibility index (Phi) is 9.67. The maximum Gasteiger partial charge on any atom is 0.191 e. The third-order valence-electron chi connectivity index (χ3n) is 4.70. The molecule has 2 N–H and O–H groups in total. The number of aromatic nitrogens is 3. The highest BCUT2D eigenvalue weighted by molar-refractivity contribution is 14.0. The molecule has 0 spiro atoms. The first kappa shape index (κ1) is 22.3. The van der Waals surface area contributed by atoms with Crippen molar-refractivity contribution in [2.24, 2.45) is 4.99 Å². The van der Waals surface area contributed by atoms with Gasteiger partial charge in [-0.25, -0.2) is 0 Å². The Morgan fingerprint density at radius 3 is 3.00 bits per heavy atom. The predicted molar refractivity (Wildman–Crippen MR) is 125 cm³/mol. The van der Waals surface area contributed by atoms with Gasteiger partial charge >= 0.3 is 0 Å². The van der Waals surface area contributed by atoms with Gasteiger partial charge < -0.3 is 10.6 Å². The summed E-state index contributed by atoms with van der Waals surface area (Å²) in [7, 11) is 0. The zero-order valence-corrected chi connectivity index (χ0v) is 19.4. The molecule has 0 aromatic carbocycles. The molecule has 3 rings (SSSR count). The summed E-state index contributed by atoms with van der Waals surface area (Å²) in [5, 5.41) is 16.3. The number of hydrogen-bond donors (Lipinski definition) is 2. The lowest BCUT2D eigenvalue weighted by molar-refractivity contribution is 0.419. The molecule has 1 aliphatic rings. The van der Waals surface area contributed by atoms with Gasteiger partial charge in [0.15, 0.2) is 11.6 Å². The maximum absolute atomic E-state index is 4.77. The summed E-state index contributed by atoms with van der Waals surface area (Å²) in [6.07, 6.45) is 7.91. The molecular weight excluding hydrogens is 471 g/mol. The molecule has 1 fully saturated rings. The van der Waals surface area contributed by atoms with Crippen molar-refractivity contribution in [3.05, 3.63) is 30.2 Å². The van der Waals surface area contributed by atoms with Crippen molar-refractivity contribution >= 4 is 47.3 Å². The number of nitrogens with zero attached hydrogens (tertiary/aromatic N) is 4. The third kappa shape index (κ3) is 6.51. The lowest BCUT2D eigenvalue weighted by atomic mass is 9.95. The molecule has 0 bridgehead atoms. The minimum Gasteiger partial charge on any atom is -0.357 e. The van der Waals surface area contributed by atoms with E-state index in [1.165, 1.54) is 31.4 Å². The maximum atomic E-state index is 4.77. The number of aliphatic imine (C=N–C) groups is 1. The minimum atomic E-state index is 0. The van der Waals surface area contributed by atoms with E-state index < -0.39 is 0 Å². The van der Waals surface area contributed by atoms with Crippen molar-refractivity contribution in [2.45, 2.75) is 57.2 Å². The van der Waals surface area contributed by atoms with Gasteiger partial charge in [-0.2, -0.15) is 11.8 Å². The SMILES string of the molecule is CCNC(=NCCc1nnc2ccccn12)NC1CCCC(SCC)C1.I. The van der Waals surface area contributed by atoms with Gasteiger partial charge in [0.1, 0.15) is 5.82 Å². The van der Waals surface area contributed by atoms with E-state index in [9.17, 15) is 0 Å². The average molecular weight is 502 g/mol. The van der Waals surface area contributed by atoms with Gasteiger partial charge in [-0.3, -0.25) is 9.39 Å². The molecular formula is C19H31IN6S. The lowest BCUT2D eigenvalue weighted by Crippen LogP contribution is -2.45. The van der Waals surface area contributed by atoms with E-state index in [-0.39, 0.29) is 24.0 Å². The van der Waals surface area contributed by atoms with Crippen molar-refractivity contribution in [3.8, 4) is 0 Å². The van der Waals surface area contributed by atoms with E-state index in [0.717, 1.165) is 35.6 Å². The van der Waals surface area contributed by atoms with E-state index in [4.69, 9.17) is 4.99 Å². The number of fused-ring (bicyclic) bond motifs is 1. The molecule has 8 heteroatoms. The molecule has 1 aliphatic carbocycles. The molecule has 2 atom stereocenters. The largest absolute Gasteiger partial charge is 0.357 e. The molecule has 2 unspecified atom stereocenters. The summed E-state index contributed by atoms with van der Waals surface area (Å²) in [5.74, 6) is 3.09. The van der Waals surface area contributed by atoms with Crippen LogP contribution in [0.4, 0.5) is 0 Å². The monoisotopic (exact) mass is 502 g/mol. The molecule has 2 aromatic heterocycles. The molecule has 27 heavy (non-hydrogen) atoms. The molecule has 2 heterocycles. The fraction of sp³-hybridized carbons (Fsp3) is 0.632. The summed E-state index contributed by atoms with van der Waals surface area (Å²) in [6.45, 7) is 5.94. The van der Waals surface area contributed by atoms with Crippen LogP contribution >= 0.6 is 35.7 Å². The summed E-state index contributed by atoms with van der Waals surface area (Å²) in [6, 6.07) is 6.48. The van der Waals surface area contributed by atoms with Crippen LogP contribution in [0.25, 0.3) is 5.65 Å². The highest BCUT2D eigenvalue weighted by atomic mass is 127. The van der Waals surface area contributed by atoms with Gasteiger partial charge in [0.2, 0.25) is 0 Å². The molecule has 2 aromatic rings. The normalized spacial score (nSPS) is 20.3. The number of rotatable bonds is 7. The Morgan fingerprint density at radius 2 is 2.19 bits per heavy atom. The fourth-order valence-corrected chi connectivity index (χ4v) is 4.68. The number of nitrogens with one attached hydrogen (secondary N) is 2. The van der Waals surface area contributed by atoms with E-state index in [0.29, 0.717) is 12.6 Å². The zero-order chi connectivity index (χ0) is 18.2. The standard InChI is InChI=1S/C19H30N6S.HI/c1-3-20-19(22-15-8-7-9-16(14-15)26-4-2)21-12-11-18-24-23-17-10-5-6-13-25(17)18;/h5-6,10,13,15-16H,3-4,7-9,11-12,14H2,1-2H3,(H2,20,21,22);1H. The van der Waals surface area contributed by atoms with Crippen molar-refractivity contribution < 1.29 is 0 Å². The van der Waals surface area contributed by atoms with Crippen LogP contribution in [0.3, 0.4) is 0 Å². The number of halogens is 1. The highest BCUT2D eigenvalue weighted by Gasteiger charge is 2.22. The Bertz CT molecular complexity index is 717. The van der Waals surface area contributed by atoms with E-state index in [1.54, 1.807) is 0 Å². The van der Waals surface area contributed by atoms with Gasteiger partial charge in [0.05, 0.1) is 0 Å². The van der Waals surface area contributed by atoms with Gasteiger partial charge in [-0.15, -0.1) is 34.2 Å². The molecule has 0 amide bonds. The Labute approximate surface area is 183 Å². The zero-order valence-electron chi connectivity index (χ0n) is 16.2. The first-order valence-corrected chi connectivity index (χ1v) is 10.8. The predicted octanol–water partition coefficient (Wildman–Crippen LogP) is 3.51. The fourth-order valence-electron chi connectivity index (χ4n) is 3.51. The van der Waals surface area contributed by atoms with Gasteiger partial charge in [0.25, 0.3) is 0 Å². The van der Waals surface area contributed by atoms with E-state index in [1.807, 2.05) is 28.8 Å². The van der Waals surface area contributed by atoms with Crippen LogP contribution < -0.4 is 10.6 Å². The van der Waals surface area contributed by atoms with Gasteiger partial charge in [-0.1, -0.05) is 19.4 Å². The Balaban J connectivity index is 0.00000261. The molecule has 1 saturated carbocycles. The number of thioether (sulfide) groups is 1. The topological polar surface area (TPSA) is 66.6 Å². The summed E-state index contributed by atoms with van der Waals surface area (Å²) in [4.78, 5) is 4.77. The molecule has 150 valence electrons. The Hall–Kier alpha value is -1.03.